The molecule has 2 N–H and O–H groups in total. The molecule has 15 heavy (non-hydrogen) atoms. The predicted molar refractivity (Wildman–Crippen MR) is 66.9 cm³/mol. The van der Waals surface area contributed by atoms with Crippen molar-refractivity contribution in [3.63, 3.8) is 0 Å². The van der Waals surface area contributed by atoms with Crippen molar-refractivity contribution in [1.29, 1.82) is 0 Å². The molecule has 0 aromatic carbocycles. The number of carbonyl (C=O) groups excluding carboxylic acids is 2. The standard InChI is InChI=1S/C9H18N2O2S2/c1-3-11-9(13)7-15-14-6-4-5-8(12)10-2/h3-7H2,1-2H3,(H,10,12)(H,11,13). The van der Waals surface area contributed by atoms with Gasteiger partial charge in [0.25, 0.3) is 0 Å². The quantitative estimate of drug-likeness (QED) is 0.499. The lowest BCUT2D eigenvalue weighted by atomic mass is 10.3. The smallest absolute Gasteiger partial charge is 0.230 e. The fourth-order valence-electron chi connectivity index (χ4n) is 0.819. The van der Waals surface area contributed by atoms with Gasteiger partial charge >= 0.3 is 0 Å². The maximum absolute atomic E-state index is 11.0. The fourth-order valence-corrected chi connectivity index (χ4v) is 2.77. The highest BCUT2D eigenvalue weighted by molar-refractivity contribution is 8.76. The molecular weight excluding hydrogens is 232 g/mol. The first-order valence-electron chi connectivity index (χ1n) is 4.92. The zero-order chi connectivity index (χ0) is 11.5. The van der Waals surface area contributed by atoms with E-state index in [9.17, 15) is 9.59 Å². The van der Waals surface area contributed by atoms with Crippen LogP contribution in [0.1, 0.15) is 19.8 Å². The molecule has 0 spiro atoms. The van der Waals surface area contributed by atoms with Crippen LogP contribution in [-0.4, -0.2) is 36.9 Å². The van der Waals surface area contributed by atoms with Crippen molar-refractivity contribution in [2.75, 3.05) is 25.1 Å². The first kappa shape index (κ1) is 14.6. The van der Waals surface area contributed by atoms with E-state index in [0.717, 1.165) is 12.2 Å². The fraction of sp³-hybridized carbons (Fsp3) is 0.778. The molecule has 0 aliphatic carbocycles. The molecule has 0 aliphatic rings. The maximum atomic E-state index is 11.0. The highest BCUT2D eigenvalue weighted by Crippen LogP contribution is 2.21. The molecule has 0 unspecified atom stereocenters. The van der Waals surface area contributed by atoms with Crippen LogP contribution in [0.4, 0.5) is 0 Å². The van der Waals surface area contributed by atoms with Gasteiger partial charge in [0.2, 0.25) is 11.8 Å². The van der Waals surface area contributed by atoms with Crippen LogP contribution in [0.3, 0.4) is 0 Å². The van der Waals surface area contributed by atoms with E-state index < -0.39 is 0 Å². The molecule has 0 saturated heterocycles. The summed E-state index contributed by atoms with van der Waals surface area (Å²) in [5, 5.41) is 5.30. The third-order valence-corrected chi connectivity index (χ3v) is 3.91. The summed E-state index contributed by atoms with van der Waals surface area (Å²) in [5.41, 5.74) is 0. The zero-order valence-electron chi connectivity index (χ0n) is 9.17. The Morgan fingerprint density at radius 2 is 1.93 bits per heavy atom. The molecule has 0 bridgehead atoms. The van der Waals surface area contributed by atoms with Crippen molar-refractivity contribution in [2.24, 2.45) is 0 Å². The summed E-state index contributed by atoms with van der Waals surface area (Å²) in [7, 11) is 4.81. The molecular formula is C9H18N2O2S2. The molecule has 0 fully saturated rings. The maximum Gasteiger partial charge on any atom is 0.230 e. The molecule has 0 radical (unpaired) electrons. The van der Waals surface area contributed by atoms with Crippen molar-refractivity contribution in [3.8, 4) is 0 Å². The molecule has 0 aromatic rings. The minimum atomic E-state index is 0.0706. The zero-order valence-corrected chi connectivity index (χ0v) is 10.8. The molecule has 0 aliphatic heterocycles. The van der Waals surface area contributed by atoms with Crippen LogP contribution >= 0.6 is 21.6 Å². The number of hydrogen-bond acceptors (Lipinski definition) is 4. The average molecular weight is 250 g/mol. The van der Waals surface area contributed by atoms with Gasteiger partial charge in [-0.2, -0.15) is 0 Å². The van der Waals surface area contributed by atoms with Gasteiger partial charge in [-0.05, 0) is 13.3 Å². The summed E-state index contributed by atoms with van der Waals surface area (Å²) >= 11 is 0. The minimum Gasteiger partial charge on any atom is -0.359 e. The Morgan fingerprint density at radius 1 is 1.20 bits per heavy atom. The van der Waals surface area contributed by atoms with Gasteiger partial charge in [-0.25, -0.2) is 0 Å². The summed E-state index contributed by atoms with van der Waals surface area (Å²) in [6.07, 6.45) is 1.41. The summed E-state index contributed by atoms with van der Waals surface area (Å²) in [6, 6.07) is 0. The van der Waals surface area contributed by atoms with Crippen LogP contribution in [0.15, 0.2) is 0 Å². The average Bonchev–Trinajstić information content (AvgIpc) is 2.23. The van der Waals surface area contributed by atoms with Crippen LogP contribution in [0, 0.1) is 0 Å². The van der Waals surface area contributed by atoms with E-state index in [1.54, 1.807) is 17.8 Å². The molecule has 4 nitrogen and oxygen atoms in total. The lowest BCUT2D eigenvalue weighted by Crippen LogP contribution is -2.24. The molecule has 0 aromatic heterocycles. The van der Waals surface area contributed by atoms with Gasteiger partial charge < -0.3 is 10.6 Å². The lowest BCUT2D eigenvalue weighted by Gasteiger charge is -2.01. The van der Waals surface area contributed by atoms with Crippen LogP contribution in [0.25, 0.3) is 0 Å². The molecule has 0 atom stereocenters. The summed E-state index contributed by atoms with van der Waals surface area (Å²) in [5.74, 6) is 1.53. The monoisotopic (exact) mass is 250 g/mol. The summed E-state index contributed by atoms with van der Waals surface area (Å²) in [6.45, 7) is 2.58. The van der Waals surface area contributed by atoms with E-state index in [1.165, 1.54) is 10.8 Å². The van der Waals surface area contributed by atoms with Crippen molar-refractivity contribution in [2.45, 2.75) is 19.8 Å². The molecule has 88 valence electrons. The van der Waals surface area contributed by atoms with E-state index in [4.69, 9.17) is 0 Å². The van der Waals surface area contributed by atoms with Crippen LogP contribution in [-0.2, 0) is 9.59 Å². The third kappa shape index (κ3) is 9.93. The van der Waals surface area contributed by atoms with Crippen molar-refractivity contribution >= 4 is 33.4 Å². The van der Waals surface area contributed by atoms with Crippen LogP contribution in [0.5, 0.6) is 0 Å². The highest BCUT2D eigenvalue weighted by atomic mass is 33.1. The molecule has 0 saturated carbocycles. The second-order valence-electron chi connectivity index (χ2n) is 2.81. The number of rotatable bonds is 8. The van der Waals surface area contributed by atoms with E-state index in [-0.39, 0.29) is 11.8 Å². The molecule has 6 heteroatoms. The second kappa shape index (κ2) is 10.2. The Bertz CT molecular complexity index is 201. The van der Waals surface area contributed by atoms with Gasteiger partial charge in [0.1, 0.15) is 0 Å². The lowest BCUT2D eigenvalue weighted by molar-refractivity contribution is -0.120. The Labute approximate surface area is 98.7 Å². The number of hydrogen-bond donors (Lipinski definition) is 2. The van der Waals surface area contributed by atoms with Gasteiger partial charge in [0, 0.05) is 25.8 Å². The number of carbonyl (C=O) groups is 2. The topological polar surface area (TPSA) is 58.2 Å². The van der Waals surface area contributed by atoms with Crippen molar-refractivity contribution < 1.29 is 9.59 Å². The van der Waals surface area contributed by atoms with Crippen molar-refractivity contribution in [1.82, 2.24) is 10.6 Å². The largest absolute Gasteiger partial charge is 0.359 e. The number of amides is 2. The van der Waals surface area contributed by atoms with E-state index in [1.807, 2.05) is 6.92 Å². The van der Waals surface area contributed by atoms with E-state index in [0.29, 0.717) is 18.7 Å². The highest BCUT2D eigenvalue weighted by Gasteiger charge is 2.00. The molecule has 2 amide bonds. The van der Waals surface area contributed by atoms with Crippen LogP contribution < -0.4 is 10.6 Å². The van der Waals surface area contributed by atoms with Gasteiger partial charge in [-0.15, -0.1) is 0 Å². The summed E-state index contributed by atoms with van der Waals surface area (Å²) < 4.78 is 0. The first-order valence-corrected chi connectivity index (χ1v) is 7.41. The Hall–Kier alpha value is -0.360. The Kier molecular flexibility index (Phi) is 9.92. The number of nitrogens with one attached hydrogen (secondary N) is 2. The van der Waals surface area contributed by atoms with Gasteiger partial charge in [-0.3, -0.25) is 9.59 Å². The first-order chi connectivity index (χ1) is 7.20. The Morgan fingerprint density at radius 3 is 2.53 bits per heavy atom. The van der Waals surface area contributed by atoms with E-state index >= 15 is 0 Å². The van der Waals surface area contributed by atoms with Gasteiger partial charge in [0.05, 0.1) is 5.75 Å². The van der Waals surface area contributed by atoms with Crippen LogP contribution in [0.2, 0.25) is 0 Å². The SMILES string of the molecule is CCNC(=O)CSSCCCC(=O)NC. The predicted octanol–water partition coefficient (Wildman–Crippen LogP) is 1.03. The molecule has 0 heterocycles. The second-order valence-corrected chi connectivity index (χ2v) is 5.40. The van der Waals surface area contributed by atoms with E-state index in [2.05, 4.69) is 10.6 Å². The normalized spacial score (nSPS) is 9.73. The van der Waals surface area contributed by atoms with Gasteiger partial charge in [-0.1, -0.05) is 21.6 Å². The van der Waals surface area contributed by atoms with Crippen molar-refractivity contribution in [3.05, 3.63) is 0 Å². The summed E-state index contributed by atoms with van der Waals surface area (Å²) in [4.78, 5) is 21.9. The van der Waals surface area contributed by atoms with Gasteiger partial charge in [0.15, 0.2) is 0 Å². The third-order valence-electron chi connectivity index (χ3n) is 1.56. The minimum absolute atomic E-state index is 0.0706. The molecule has 0 rings (SSSR count). The Balaban J connectivity index is 3.18.